The number of ether oxygens (including phenoxy) is 3. The van der Waals surface area contributed by atoms with Crippen molar-refractivity contribution in [2.45, 2.75) is 18.9 Å². The molecule has 7 heteroatoms. The van der Waals surface area contributed by atoms with Crippen LogP contribution in [0.15, 0.2) is 30.3 Å². The van der Waals surface area contributed by atoms with Crippen LogP contribution in [-0.4, -0.2) is 74.4 Å². The third-order valence-corrected chi connectivity index (χ3v) is 6.91. The molecule has 2 saturated heterocycles. The molecule has 5 rings (SSSR count). The zero-order valence-corrected chi connectivity index (χ0v) is 17.3. The van der Waals surface area contributed by atoms with Crippen LogP contribution in [-0.2, 0) is 4.74 Å². The smallest absolute Gasteiger partial charge is 0.264 e. The van der Waals surface area contributed by atoms with E-state index in [1.54, 1.807) is 11.3 Å². The Morgan fingerprint density at radius 3 is 2.62 bits per heavy atom. The van der Waals surface area contributed by atoms with Crippen molar-refractivity contribution in [3.8, 4) is 21.9 Å². The van der Waals surface area contributed by atoms with E-state index in [-0.39, 0.29) is 5.91 Å². The fourth-order valence-electron chi connectivity index (χ4n) is 4.17. The maximum Gasteiger partial charge on any atom is 0.264 e. The Morgan fingerprint density at radius 1 is 1.00 bits per heavy atom. The Morgan fingerprint density at radius 2 is 1.83 bits per heavy atom. The summed E-state index contributed by atoms with van der Waals surface area (Å²) in [6, 6.07) is 9.93. The van der Waals surface area contributed by atoms with E-state index in [0.717, 1.165) is 72.6 Å². The number of piperazine rings is 1. The lowest BCUT2D eigenvalue weighted by molar-refractivity contribution is 0.0435. The summed E-state index contributed by atoms with van der Waals surface area (Å²) in [6.45, 7) is 6.46. The molecule has 3 aliphatic rings. The van der Waals surface area contributed by atoms with Crippen LogP contribution in [0.3, 0.4) is 0 Å². The number of hydrogen-bond donors (Lipinski definition) is 0. The molecule has 1 amide bonds. The number of amides is 1. The van der Waals surface area contributed by atoms with Crippen molar-refractivity contribution in [2.75, 3.05) is 52.5 Å². The first-order chi connectivity index (χ1) is 14.3. The van der Waals surface area contributed by atoms with Crippen molar-refractivity contribution in [2.24, 2.45) is 0 Å². The maximum absolute atomic E-state index is 13.0. The highest BCUT2D eigenvalue weighted by Crippen LogP contribution is 2.37. The molecular weight excluding hydrogens is 388 g/mol. The van der Waals surface area contributed by atoms with Crippen molar-refractivity contribution in [3.63, 3.8) is 0 Å². The van der Waals surface area contributed by atoms with Crippen LogP contribution in [0.25, 0.3) is 10.4 Å². The summed E-state index contributed by atoms with van der Waals surface area (Å²) >= 11 is 1.54. The Bertz CT molecular complexity index is 869. The van der Waals surface area contributed by atoms with E-state index in [4.69, 9.17) is 14.2 Å². The van der Waals surface area contributed by atoms with Gasteiger partial charge >= 0.3 is 0 Å². The van der Waals surface area contributed by atoms with Crippen LogP contribution < -0.4 is 9.47 Å². The lowest BCUT2D eigenvalue weighted by Crippen LogP contribution is -2.50. The minimum atomic E-state index is 0.135. The Balaban J connectivity index is 1.21. The van der Waals surface area contributed by atoms with Gasteiger partial charge in [-0.3, -0.25) is 9.69 Å². The number of benzene rings is 1. The number of carbonyl (C=O) groups is 1. The largest absolute Gasteiger partial charge is 0.486 e. The van der Waals surface area contributed by atoms with Crippen LogP contribution in [0.2, 0.25) is 0 Å². The van der Waals surface area contributed by atoms with Crippen molar-refractivity contribution in [3.05, 3.63) is 35.2 Å². The maximum atomic E-state index is 13.0. The molecular formula is C22H26N2O4S. The molecule has 0 radical (unpaired) electrons. The third kappa shape index (κ3) is 4.13. The van der Waals surface area contributed by atoms with Gasteiger partial charge in [0.15, 0.2) is 11.5 Å². The van der Waals surface area contributed by atoms with Gasteiger partial charge in [-0.15, -0.1) is 11.3 Å². The molecule has 154 valence electrons. The normalized spacial score (nSPS) is 22.1. The highest BCUT2D eigenvalue weighted by Gasteiger charge is 2.26. The van der Waals surface area contributed by atoms with Crippen molar-refractivity contribution in [1.29, 1.82) is 0 Å². The van der Waals surface area contributed by atoms with Gasteiger partial charge in [0.2, 0.25) is 0 Å². The second-order valence-corrected chi connectivity index (χ2v) is 8.83. The molecule has 6 nitrogen and oxygen atoms in total. The molecule has 0 spiro atoms. The highest BCUT2D eigenvalue weighted by atomic mass is 32.1. The standard InChI is InChI=1S/C22H26N2O4S/c25-22(24-9-7-23(8-10-24)15-17-2-1-11-26-17)21-6-5-20(29-21)16-3-4-18-19(14-16)28-13-12-27-18/h3-6,14,17H,1-2,7-13,15H2/t17-/m0/s1. The number of rotatable bonds is 4. The van der Waals surface area contributed by atoms with Crippen molar-refractivity contribution < 1.29 is 19.0 Å². The van der Waals surface area contributed by atoms with Gasteiger partial charge < -0.3 is 19.1 Å². The third-order valence-electron chi connectivity index (χ3n) is 5.79. The van der Waals surface area contributed by atoms with Gasteiger partial charge in [0.25, 0.3) is 5.91 Å². The molecule has 1 aromatic carbocycles. The summed E-state index contributed by atoms with van der Waals surface area (Å²) in [4.78, 5) is 19.2. The van der Waals surface area contributed by atoms with Gasteiger partial charge in [-0.1, -0.05) is 0 Å². The van der Waals surface area contributed by atoms with E-state index >= 15 is 0 Å². The summed E-state index contributed by atoms with van der Waals surface area (Å²) in [5.74, 6) is 1.70. The van der Waals surface area contributed by atoms with E-state index < -0.39 is 0 Å². The minimum Gasteiger partial charge on any atom is -0.486 e. The minimum absolute atomic E-state index is 0.135. The lowest BCUT2D eigenvalue weighted by atomic mass is 10.1. The first-order valence-electron chi connectivity index (χ1n) is 10.4. The molecule has 4 heterocycles. The topological polar surface area (TPSA) is 51.2 Å². The molecule has 2 fully saturated rings. The summed E-state index contributed by atoms with van der Waals surface area (Å²) in [6.07, 6.45) is 2.72. The SMILES string of the molecule is O=C(c1ccc(-c2ccc3c(c2)OCCO3)s1)N1CCN(C[C@@H]2CCCO2)CC1. The van der Waals surface area contributed by atoms with Crippen molar-refractivity contribution in [1.82, 2.24) is 9.80 Å². The van der Waals surface area contributed by atoms with Gasteiger partial charge in [-0.25, -0.2) is 0 Å². The quantitative estimate of drug-likeness (QED) is 0.770. The van der Waals surface area contributed by atoms with E-state index in [0.29, 0.717) is 19.3 Å². The summed E-state index contributed by atoms with van der Waals surface area (Å²) in [5, 5.41) is 0. The molecule has 1 atom stereocenters. The number of thiophene rings is 1. The summed E-state index contributed by atoms with van der Waals surface area (Å²) < 4.78 is 17.0. The monoisotopic (exact) mass is 414 g/mol. The van der Waals surface area contributed by atoms with E-state index in [2.05, 4.69) is 4.90 Å². The van der Waals surface area contributed by atoms with Gasteiger partial charge in [-0.2, -0.15) is 0 Å². The molecule has 0 aliphatic carbocycles. The van der Waals surface area contributed by atoms with Crippen LogP contribution in [0.5, 0.6) is 11.5 Å². The molecule has 3 aliphatic heterocycles. The number of carbonyl (C=O) groups excluding carboxylic acids is 1. The first-order valence-corrected chi connectivity index (χ1v) is 11.2. The average molecular weight is 415 g/mol. The predicted molar refractivity (Wildman–Crippen MR) is 112 cm³/mol. The Hall–Kier alpha value is -2.09. The molecule has 0 N–H and O–H groups in total. The van der Waals surface area contributed by atoms with E-state index in [1.807, 2.05) is 35.2 Å². The molecule has 1 aromatic heterocycles. The fraction of sp³-hybridized carbons (Fsp3) is 0.500. The van der Waals surface area contributed by atoms with Crippen LogP contribution in [0.1, 0.15) is 22.5 Å². The zero-order valence-electron chi connectivity index (χ0n) is 16.5. The van der Waals surface area contributed by atoms with Crippen LogP contribution >= 0.6 is 11.3 Å². The van der Waals surface area contributed by atoms with Gasteiger partial charge in [0, 0.05) is 44.2 Å². The molecule has 0 unspecified atom stereocenters. The molecule has 29 heavy (non-hydrogen) atoms. The highest BCUT2D eigenvalue weighted by molar-refractivity contribution is 7.17. The van der Waals surface area contributed by atoms with E-state index in [9.17, 15) is 4.79 Å². The predicted octanol–water partition coefficient (Wildman–Crippen LogP) is 3.12. The Kier molecular flexibility index (Phi) is 5.44. The average Bonchev–Trinajstić information content (AvgIpc) is 3.46. The second kappa shape index (κ2) is 8.34. The molecule has 0 saturated carbocycles. The number of fused-ring (bicyclic) bond motifs is 1. The number of hydrogen-bond acceptors (Lipinski definition) is 6. The van der Waals surface area contributed by atoms with Crippen molar-refractivity contribution >= 4 is 17.2 Å². The van der Waals surface area contributed by atoms with Gasteiger partial charge in [-0.05, 0) is 48.7 Å². The van der Waals surface area contributed by atoms with Gasteiger partial charge in [0.1, 0.15) is 13.2 Å². The van der Waals surface area contributed by atoms with Gasteiger partial charge in [0.05, 0.1) is 11.0 Å². The van der Waals surface area contributed by atoms with Crippen LogP contribution in [0, 0.1) is 0 Å². The zero-order chi connectivity index (χ0) is 19.6. The van der Waals surface area contributed by atoms with E-state index in [1.165, 1.54) is 6.42 Å². The molecule has 0 bridgehead atoms. The lowest BCUT2D eigenvalue weighted by Gasteiger charge is -2.35. The second-order valence-electron chi connectivity index (χ2n) is 7.75. The first kappa shape index (κ1) is 18.9. The summed E-state index contributed by atoms with van der Waals surface area (Å²) in [7, 11) is 0. The van der Waals surface area contributed by atoms with Crippen LogP contribution in [0.4, 0.5) is 0 Å². The Labute approximate surface area is 175 Å². The number of nitrogens with zero attached hydrogens (tertiary/aromatic N) is 2. The summed E-state index contributed by atoms with van der Waals surface area (Å²) in [5.41, 5.74) is 1.06. The fourth-order valence-corrected chi connectivity index (χ4v) is 5.14. The molecule has 2 aromatic rings.